The van der Waals surface area contributed by atoms with Crippen molar-refractivity contribution in [3.05, 3.63) is 81.0 Å². The molecule has 4 rings (SSSR count). The molecule has 0 aliphatic heterocycles. The summed E-state index contributed by atoms with van der Waals surface area (Å²) in [6.07, 6.45) is 0.956. The van der Waals surface area contributed by atoms with E-state index >= 15 is 0 Å². The third kappa shape index (κ3) is 3.48. The molecule has 1 N–H and O–H groups in total. The van der Waals surface area contributed by atoms with Gasteiger partial charge in [0, 0.05) is 18.0 Å². The van der Waals surface area contributed by atoms with Crippen LogP contribution in [0.15, 0.2) is 46.8 Å². The Morgan fingerprint density at radius 2 is 1.89 bits per heavy atom. The van der Waals surface area contributed by atoms with Gasteiger partial charge in [-0.05, 0) is 42.3 Å². The molecule has 0 aliphatic rings. The van der Waals surface area contributed by atoms with Crippen LogP contribution in [-0.2, 0) is 6.54 Å². The van der Waals surface area contributed by atoms with Gasteiger partial charge in [-0.1, -0.05) is 0 Å². The van der Waals surface area contributed by atoms with Gasteiger partial charge in [-0.15, -0.1) is 11.3 Å². The van der Waals surface area contributed by atoms with E-state index in [1.54, 1.807) is 11.6 Å². The lowest BCUT2D eigenvalue weighted by atomic mass is 10.2. The normalized spacial score (nSPS) is 11.1. The Morgan fingerprint density at radius 3 is 2.64 bits per heavy atom. The maximum Gasteiger partial charge on any atom is 0.310 e. The molecule has 0 radical (unpaired) electrons. The molecule has 0 aliphatic carbocycles. The Balaban J connectivity index is 1.76. The number of hydrogen-bond acceptors (Lipinski definition) is 5. The highest BCUT2D eigenvalue weighted by atomic mass is 32.1. The fourth-order valence-electron chi connectivity index (χ4n) is 2.91. The van der Waals surface area contributed by atoms with Gasteiger partial charge in [0.05, 0.1) is 22.3 Å². The number of rotatable bonds is 4. The Bertz CT molecular complexity index is 1230. The second-order valence-electron chi connectivity index (χ2n) is 6.19. The number of hydrogen-bond donors (Lipinski definition) is 1. The van der Waals surface area contributed by atoms with Crippen LogP contribution in [0, 0.1) is 24.4 Å². The predicted molar refractivity (Wildman–Crippen MR) is 102 cm³/mol. The summed E-state index contributed by atoms with van der Waals surface area (Å²) in [5.41, 5.74) is 3.23. The minimum absolute atomic E-state index is 0.0498. The maximum atomic E-state index is 13.8. The van der Waals surface area contributed by atoms with Crippen molar-refractivity contribution in [2.45, 2.75) is 13.5 Å². The first-order chi connectivity index (χ1) is 13.4. The molecular weight excluding hydrogens is 389 g/mol. The summed E-state index contributed by atoms with van der Waals surface area (Å²) in [5, 5.41) is 3.00. The van der Waals surface area contributed by atoms with E-state index in [0.29, 0.717) is 5.69 Å². The first-order valence-corrected chi connectivity index (χ1v) is 9.10. The zero-order valence-electron chi connectivity index (χ0n) is 14.5. The van der Waals surface area contributed by atoms with E-state index in [0.717, 1.165) is 40.2 Å². The van der Waals surface area contributed by atoms with E-state index in [-0.39, 0.29) is 18.1 Å². The average molecular weight is 402 g/mol. The predicted octanol–water partition coefficient (Wildman–Crippen LogP) is 4.37. The maximum absolute atomic E-state index is 13.8. The number of nitrogens with zero attached hydrogens (tertiary/aromatic N) is 3. The highest BCUT2D eigenvalue weighted by Crippen LogP contribution is 2.28. The number of fused-ring (bicyclic) bond motifs is 1. The Hall–Kier alpha value is -3.20. The molecule has 4 aromatic rings. The summed E-state index contributed by atoms with van der Waals surface area (Å²) in [5.74, 6) is -2.50. The van der Waals surface area contributed by atoms with Crippen LogP contribution in [0.5, 0.6) is 0 Å². The van der Waals surface area contributed by atoms with Crippen LogP contribution < -0.4 is 10.9 Å². The van der Waals surface area contributed by atoms with E-state index in [1.165, 1.54) is 15.9 Å². The Labute approximate surface area is 161 Å². The quantitative estimate of drug-likeness (QED) is 0.551. The molecule has 0 atom stereocenters. The number of nitrogens with one attached hydrogen (secondary N) is 1. The van der Waals surface area contributed by atoms with Crippen molar-refractivity contribution in [1.29, 1.82) is 0 Å². The standard InChI is InChI=1S/C19H13F3N4OS/c1-10-15(2-3-16-17(10)23-9-28-16)24-19-25-18(27)14(22)8-26(19)7-11-4-12(20)6-13(21)5-11/h2-6,8-9H,7H2,1H3,(H,24,25,27). The molecule has 0 amide bonds. The molecule has 0 saturated heterocycles. The lowest BCUT2D eigenvalue weighted by Gasteiger charge is -2.15. The van der Waals surface area contributed by atoms with Crippen LogP contribution in [0.25, 0.3) is 10.2 Å². The van der Waals surface area contributed by atoms with E-state index in [2.05, 4.69) is 15.3 Å². The Kier molecular flexibility index (Phi) is 4.60. The molecule has 0 bridgehead atoms. The average Bonchev–Trinajstić information content (AvgIpc) is 3.10. The highest BCUT2D eigenvalue weighted by molar-refractivity contribution is 7.16. The fourth-order valence-corrected chi connectivity index (χ4v) is 3.64. The minimum Gasteiger partial charge on any atom is -0.325 e. The lowest BCUT2D eigenvalue weighted by Crippen LogP contribution is -2.20. The third-order valence-electron chi connectivity index (χ3n) is 4.23. The van der Waals surface area contributed by atoms with Gasteiger partial charge in [0.1, 0.15) is 11.6 Å². The molecule has 0 unspecified atom stereocenters. The van der Waals surface area contributed by atoms with Gasteiger partial charge < -0.3 is 9.88 Å². The molecule has 0 spiro atoms. The van der Waals surface area contributed by atoms with E-state index < -0.39 is 23.0 Å². The van der Waals surface area contributed by atoms with Crippen molar-refractivity contribution in [2.75, 3.05) is 5.32 Å². The summed E-state index contributed by atoms with van der Waals surface area (Å²) in [7, 11) is 0. The number of halogens is 3. The highest BCUT2D eigenvalue weighted by Gasteiger charge is 2.13. The molecule has 9 heteroatoms. The van der Waals surface area contributed by atoms with Crippen LogP contribution in [0.3, 0.4) is 0 Å². The first kappa shape index (κ1) is 18.2. The molecule has 28 heavy (non-hydrogen) atoms. The van der Waals surface area contributed by atoms with Gasteiger partial charge in [0.2, 0.25) is 11.8 Å². The monoisotopic (exact) mass is 402 g/mol. The fraction of sp³-hybridized carbons (Fsp3) is 0.105. The summed E-state index contributed by atoms with van der Waals surface area (Å²) in [4.78, 5) is 19.8. The van der Waals surface area contributed by atoms with Crippen LogP contribution in [-0.4, -0.2) is 14.5 Å². The second-order valence-corrected chi connectivity index (χ2v) is 7.07. The summed E-state index contributed by atoms with van der Waals surface area (Å²) in [6, 6.07) is 6.69. The van der Waals surface area contributed by atoms with E-state index in [9.17, 15) is 18.0 Å². The molecule has 5 nitrogen and oxygen atoms in total. The van der Waals surface area contributed by atoms with Gasteiger partial charge in [-0.2, -0.15) is 9.37 Å². The Morgan fingerprint density at radius 1 is 1.14 bits per heavy atom. The van der Waals surface area contributed by atoms with Gasteiger partial charge >= 0.3 is 5.56 Å². The van der Waals surface area contributed by atoms with Gasteiger partial charge in [-0.25, -0.2) is 13.8 Å². The largest absolute Gasteiger partial charge is 0.325 e. The van der Waals surface area contributed by atoms with Crippen LogP contribution in [0.1, 0.15) is 11.1 Å². The molecule has 2 aromatic carbocycles. The number of aryl methyl sites for hydroxylation is 1. The van der Waals surface area contributed by atoms with Crippen molar-refractivity contribution in [3.63, 3.8) is 0 Å². The SMILES string of the molecule is Cc1c(Nc2nc(=O)c(F)cn2Cc2cc(F)cc(F)c2)ccc2scnc12. The molecule has 142 valence electrons. The molecule has 2 aromatic heterocycles. The third-order valence-corrected chi connectivity index (χ3v) is 5.02. The molecule has 0 fully saturated rings. The number of thiazole rings is 1. The van der Waals surface area contributed by atoms with Crippen molar-refractivity contribution in [2.24, 2.45) is 0 Å². The van der Waals surface area contributed by atoms with E-state index in [1.807, 2.05) is 13.0 Å². The first-order valence-electron chi connectivity index (χ1n) is 8.22. The second kappa shape index (κ2) is 7.08. The summed E-state index contributed by atoms with van der Waals surface area (Å²) >= 11 is 1.50. The summed E-state index contributed by atoms with van der Waals surface area (Å²) in [6.45, 7) is 1.78. The molecular formula is C19H13F3N4OS. The zero-order chi connectivity index (χ0) is 19.8. The summed E-state index contributed by atoms with van der Waals surface area (Å²) < 4.78 is 43.1. The van der Waals surface area contributed by atoms with Crippen molar-refractivity contribution in [3.8, 4) is 0 Å². The lowest BCUT2D eigenvalue weighted by molar-refractivity contribution is 0.568. The van der Waals surface area contributed by atoms with E-state index in [4.69, 9.17) is 0 Å². The van der Waals surface area contributed by atoms with Gasteiger partial charge in [-0.3, -0.25) is 4.79 Å². The number of anilines is 2. The molecule has 2 heterocycles. The number of benzene rings is 2. The topological polar surface area (TPSA) is 59.8 Å². The smallest absolute Gasteiger partial charge is 0.310 e. The van der Waals surface area contributed by atoms with Crippen LogP contribution in [0.2, 0.25) is 0 Å². The van der Waals surface area contributed by atoms with Crippen molar-refractivity contribution < 1.29 is 13.2 Å². The zero-order valence-corrected chi connectivity index (χ0v) is 15.4. The minimum atomic E-state index is -1.06. The van der Waals surface area contributed by atoms with Gasteiger partial charge in [0.25, 0.3) is 0 Å². The van der Waals surface area contributed by atoms with Crippen molar-refractivity contribution in [1.82, 2.24) is 14.5 Å². The molecule has 0 saturated carbocycles. The van der Waals surface area contributed by atoms with Crippen LogP contribution >= 0.6 is 11.3 Å². The van der Waals surface area contributed by atoms with Crippen LogP contribution in [0.4, 0.5) is 24.8 Å². The van der Waals surface area contributed by atoms with Crippen molar-refractivity contribution >= 4 is 33.2 Å². The van der Waals surface area contributed by atoms with Gasteiger partial charge in [0.15, 0.2) is 0 Å². The number of aromatic nitrogens is 3.